The second-order valence-corrected chi connectivity index (χ2v) is 5.97. The molecule has 0 bridgehead atoms. The van der Waals surface area contributed by atoms with Crippen LogP contribution in [0.4, 0.5) is 0 Å². The van der Waals surface area contributed by atoms with Crippen molar-refractivity contribution in [2.24, 2.45) is 11.8 Å². The van der Waals surface area contributed by atoms with Gasteiger partial charge in [0, 0.05) is 6.04 Å². The molecular formula is C15H20N2O3. The minimum Gasteiger partial charge on any atom is -0.352 e. The van der Waals surface area contributed by atoms with Crippen molar-refractivity contribution in [3.8, 4) is 0 Å². The Morgan fingerprint density at radius 3 is 2.20 bits per heavy atom. The third-order valence-electron chi connectivity index (χ3n) is 4.62. The molecule has 20 heavy (non-hydrogen) atoms. The van der Waals surface area contributed by atoms with Crippen LogP contribution in [0.5, 0.6) is 0 Å². The van der Waals surface area contributed by atoms with Crippen LogP contribution in [0.15, 0.2) is 12.2 Å². The van der Waals surface area contributed by atoms with E-state index in [2.05, 4.69) is 5.32 Å². The monoisotopic (exact) mass is 276 g/mol. The summed E-state index contributed by atoms with van der Waals surface area (Å²) in [6.45, 7) is -0.110. The van der Waals surface area contributed by atoms with Gasteiger partial charge in [0.2, 0.25) is 17.7 Å². The van der Waals surface area contributed by atoms with E-state index >= 15 is 0 Å². The van der Waals surface area contributed by atoms with Gasteiger partial charge in [-0.05, 0) is 25.7 Å². The maximum atomic E-state index is 12.2. The van der Waals surface area contributed by atoms with Gasteiger partial charge in [-0.15, -0.1) is 0 Å². The van der Waals surface area contributed by atoms with Crippen molar-refractivity contribution in [1.29, 1.82) is 0 Å². The average Bonchev–Trinajstić information content (AvgIpc) is 3.03. The number of carbonyl (C=O) groups is 3. The molecule has 1 saturated heterocycles. The summed E-state index contributed by atoms with van der Waals surface area (Å²) in [7, 11) is 0. The van der Waals surface area contributed by atoms with Crippen LogP contribution in [0.1, 0.15) is 38.5 Å². The molecule has 0 unspecified atom stereocenters. The molecule has 108 valence electrons. The number of allylic oxidation sites excluding steroid dienone is 2. The lowest BCUT2D eigenvalue weighted by molar-refractivity contribution is -0.143. The highest BCUT2D eigenvalue weighted by Gasteiger charge is 2.47. The lowest BCUT2D eigenvalue weighted by Crippen LogP contribution is -2.43. The number of hydrogen-bond acceptors (Lipinski definition) is 3. The average molecular weight is 276 g/mol. The van der Waals surface area contributed by atoms with Gasteiger partial charge in [-0.3, -0.25) is 19.3 Å². The molecule has 3 rings (SSSR count). The van der Waals surface area contributed by atoms with Gasteiger partial charge in [0.1, 0.15) is 6.54 Å². The quantitative estimate of drug-likeness (QED) is 0.617. The SMILES string of the molecule is O=C(CN1C(=O)[C@H]2CC=CC[C@@H]2C1=O)NC1CCCC1. The number of rotatable bonds is 3. The van der Waals surface area contributed by atoms with Gasteiger partial charge < -0.3 is 5.32 Å². The minimum atomic E-state index is -0.244. The largest absolute Gasteiger partial charge is 0.352 e. The fourth-order valence-electron chi connectivity index (χ4n) is 3.51. The Morgan fingerprint density at radius 2 is 1.65 bits per heavy atom. The summed E-state index contributed by atoms with van der Waals surface area (Å²) in [5.41, 5.74) is 0. The summed E-state index contributed by atoms with van der Waals surface area (Å²) >= 11 is 0. The van der Waals surface area contributed by atoms with E-state index in [1.807, 2.05) is 12.2 Å². The van der Waals surface area contributed by atoms with Crippen LogP contribution < -0.4 is 5.32 Å². The Kier molecular flexibility index (Phi) is 3.59. The number of imide groups is 1. The van der Waals surface area contributed by atoms with E-state index < -0.39 is 0 Å². The lowest BCUT2D eigenvalue weighted by Gasteiger charge is -2.17. The van der Waals surface area contributed by atoms with Gasteiger partial charge >= 0.3 is 0 Å². The van der Waals surface area contributed by atoms with Gasteiger partial charge in [-0.2, -0.15) is 0 Å². The number of likely N-dealkylation sites (tertiary alicyclic amines) is 1. The molecule has 0 aromatic carbocycles. The van der Waals surface area contributed by atoms with E-state index in [-0.39, 0.29) is 42.1 Å². The Morgan fingerprint density at radius 1 is 1.10 bits per heavy atom. The first-order valence-corrected chi connectivity index (χ1v) is 7.46. The second kappa shape index (κ2) is 5.38. The summed E-state index contributed by atoms with van der Waals surface area (Å²) in [4.78, 5) is 37.6. The van der Waals surface area contributed by atoms with Crippen molar-refractivity contribution in [2.45, 2.75) is 44.6 Å². The topological polar surface area (TPSA) is 66.5 Å². The number of amides is 3. The summed E-state index contributed by atoms with van der Waals surface area (Å²) in [5.74, 6) is -1.04. The first-order chi connectivity index (χ1) is 9.66. The van der Waals surface area contributed by atoms with Crippen molar-refractivity contribution in [1.82, 2.24) is 10.2 Å². The molecule has 2 aliphatic carbocycles. The van der Waals surface area contributed by atoms with Crippen LogP contribution in [-0.4, -0.2) is 35.2 Å². The predicted octanol–water partition coefficient (Wildman–Crippen LogP) is 0.996. The maximum Gasteiger partial charge on any atom is 0.240 e. The summed E-state index contributed by atoms with van der Waals surface area (Å²) < 4.78 is 0. The molecule has 0 spiro atoms. The number of nitrogens with zero attached hydrogens (tertiary/aromatic N) is 1. The Bertz CT molecular complexity index is 440. The third-order valence-corrected chi connectivity index (χ3v) is 4.62. The molecule has 1 aliphatic heterocycles. The van der Waals surface area contributed by atoms with Crippen molar-refractivity contribution >= 4 is 17.7 Å². The smallest absolute Gasteiger partial charge is 0.240 e. The van der Waals surface area contributed by atoms with Gasteiger partial charge in [-0.25, -0.2) is 0 Å². The van der Waals surface area contributed by atoms with Crippen LogP contribution in [-0.2, 0) is 14.4 Å². The Hall–Kier alpha value is -1.65. The molecule has 1 heterocycles. The maximum absolute atomic E-state index is 12.2. The highest BCUT2D eigenvalue weighted by Crippen LogP contribution is 2.34. The summed E-state index contributed by atoms with van der Waals surface area (Å²) in [6, 6.07) is 0.222. The lowest BCUT2D eigenvalue weighted by atomic mass is 9.85. The fourth-order valence-corrected chi connectivity index (χ4v) is 3.51. The van der Waals surface area contributed by atoms with Crippen LogP contribution in [0.2, 0.25) is 0 Å². The zero-order valence-electron chi connectivity index (χ0n) is 11.5. The molecule has 5 heteroatoms. The van der Waals surface area contributed by atoms with Crippen molar-refractivity contribution < 1.29 is 14.4 Å². The molecule has 0 aromatic heterocycles. The zero-order valence-corrected chi connectivity index (χ0v) is 11.5. The second-order valence-electron chi connectivity index (χ2n) is 5.97. The van der Waals surface area contributed by atoms with Crippen LogP contribution in [0, 0.1) is 11.8 Å². The molecule has 1 N–H and O–H groups in total. The summed E-state index contributed by atoms with van der Waals surface area (Å²) in [6.07, 6.45) is 9.44. The molecule has 5 nitrogen and oxygen atoms in total. The van der Waals surface area contributed by atoms with E-state index in [4.69, 9.17) is 0 Å². The molecule has 0 aromatic rings. The minimum absolute atomic E-state index is 0.110. The number of carbonyl (C=O) groups excluding carboxylic acids is 3. The highest BCUT2D eigenvalue weighted by molar-refractivity contribution is 6.07. The molecule has 0 radical (unpaired) electrons. The number of hydrogen-bond donors (Lipinski definition) is 1. The molecule has 1 saturated carbocycles. The highest BCUT2D eigenvalue weighted by atomic mass is 16.2. The van der Waals surface area contributed by atoms with Crippen LogP contribution in [0.3, 0.4) is 0 Å². The number of fused-ring (bicyclic) bond motifs is 1. The molecule has 2 atom stereocenters. The van der Waals surface area contributed by atoms with Crippen molar-refractivity contribution in [3.63, 3.8) is 0 Å². The molecule has 2 fully saturated rings. The van der Waals surface area contributed by atoms with Gasteiger partial charge in [0.15, 0.2) is 0 Å². The van der Waals surface area contributed by atoms with E-state index in [9.17, 15) is 14.4 Å². The molecule has 3 amide bonds. The van der Waals surface area contributed by atoms with E-state index in [0.717, 1.165) is 30.6 Å². The number of nitrogens with one attached hydrogen (secondary N) is 1. The molecular weight excluding hydrogens is 256 g/mol. The van der Waals surface area contributed by atoms with E-state index in [1.165, 1.54) is 0 Å². The van der Waals surface area contributed by atoms with Crippen LogP contribution in [0.25, 0.3) is 0 Å². The summed E-state index contributed by atoms with van der Waals surface area (Å²) in [5, 5.41) is 2.93. The Balaban J connectivity index is 1.61. The van der Waals surface area contributed by atoms with Crippen molar-refractivity contribution in [2.75, 3.05) is 6.54 Å². The molecule has 3 aliphatic rings. The van der Waals surface area contributed by atoms with Crippen LogP contribution >= 0.6 is 0 Å². The normalized spacial score (nSPS) is 29.9. The zero-order chi connectivity index (χ0) is 14.1. The van der Waals surface area contributed by atoms with Crippen molar-refractivity contribution in [3.05, 3.63) is 12.2 Å². The predicted molar refractivity (Wildman–Crippen MR) is 72.5 cm³/mol. The standard InChI is InChI=1S/C15H20N2O3/c18-13(16-10-5-1-2-6-10)9-17-14(19)11-7-3-4-8-12(11)15(17)20/h3-4,10-12H,1-2,5-9H2,(H,16,18)/t11-,12-/m0/s1. The third kappa shape index (κ3) is 2.37. The van der Waals surface area contributed by atoms with E-state index in [1.54, 1.807) is 0 Å². The fraction of sp³-hybridized carbons (Fsp3) is 0.667. The first-order valence-electron chi connectivity index (χ1n) is 7.46. The van der Waals surface area contributed by atoms with Gasteiger partial charge in [0.25, 0.3) is 0 Å². The first kappa shape index (κ1) is 13.3. The van der Waals surface area contributed by atoms with Gasteiger partial charge in [-0.1, -0.05) is 25.0 Å². The van der Waals surface area contributed by atoms with E-state index in [0.29, 0.717) is 12.8 Å². The van der Waals surface area contributed by atoms with Gasteiger partial charge in [0.05, 0.1) is 11.8 Å². The Labute approximate surface area is 118 Å².